The van der Waals surface area contributed by atoms with E-state index in [0.29, 0.717) is 10.0 Å². The van der Waals surface area contributed by atoms with Crippen molar-refractivity contribution in [3.8, 4) is 0 Å². The summed E-state index contributed by atoms with van der Waals surface area (Å²) in [5.41, 5.74) is 1.50. The molecule has 1 N–H and O–H groups in total. The molecule has 31 heavy (non-hydrogen) atoms. The highest BCUT2D eigenvalue weighted by Crippen LogP contribution is 2.16. The van der Waals surface area contributed by atoms with E-state index in [0.717, 1.165) is 21.7 Å². The molecular formula is C21H25Cl2N3O4S. The highest BCUT2D eigenvalue weighted by Gasteiger charge is 2.28. The van der Waals surface area contributed by atoms with Crippen LogP contribution in [-0.2, 0) is 32.7 Å². The van der Waals surface area contributed by atoms with Crippen LogP contribution in [0, 0.1) is 0 Å². The standard InChI is InChI=1S/C21H25Cl2N3O4S/c1-15(21(28)24-12-17-6-4-5-7-19(17)23)26(13-16-8-10-18(22)11-9-16)20(27)14-25(2)31(3,29)30/h4-11,15H,12-14H2,1-3H3,(H,24,28)/t15-/m0/s1. The summed E-state index contributed by atoms with van der Waals surface area (Å²) in [6.07, 6.45) is 1.02. The summed E-state index contributed by atoms with van der Waals surface area (Å²) in [5, 5.41) is 3.86. The van der Waals surface area contributed by atoms with Crippen LogP contribution < -0.4 is 5.32 Å². The Kier molecular flexibility index (Phi) is 8.88. The van der Waals surface area contributed by atoms with E-state index in [-0.39, 0.29) is 25.5 Å². The molecule has 0 fully saturated rings. The summed E-state index contributed by atoms with van der Waals surface area (Å²) in [7, 11) is -2.24. The van der Waals surface area contributed by atoms with Gasteiger partial charge in [-0.1, -0.05) is 53.5 Å². The lowest BCUT2D eigenvalue weighted by atomic mass is 10.1. The van der Waals surface area contributed by atoms with Gasteiger partial charge in [-0.05, 0) is 36.2 Å². The second-order valence-corrected chi connectivity index (χ2v) is 10.1. The van der Waals surface area contributed by atoms with Crippen LogP contribution in [0.15, 0.2) is 48.5 Å². The predicted octanol–water partition coefficient (Wildman–Crippen LogP) is 2.92. The van der Waals surface area contributed by atoms with Crippen LogP contribution in [0.1, 0.15) is 18.1 Å². The van der Waals surface area contributed by atoms with Crippen molar-refractivity contribution in [3.63, 3.8) is 0 Å². The maximum Gasteiger partial charge on any atom is 0.242 e. The molecule has 0 saturated heterocycles. The third kappa shape index (κ3) is 7.50. The molecular weight excluding hydrogens is 461 g/mol. The van der Waals surface area contributed by atoms with Gasteiger partial charge in [-0.2, -0.15) is 4.31 Å². The van der Waals surface area contributed by atoms with Crippen LogP contribution in [0.2, 0.25) is 10.0 Å². The average molecular weight is 486 g/mol. The molecule has 2 aromatic carbocycles. The molecule has 0 spiro atoms. The van der Waals surface area contributed by atoms with Gasteiger partial charge in [-0.3, -0.25) is 9.59 Å². The van der Waals surface area contributed by atoms with E-state index in [9.17, 15) is 18.0 Å². The second-order valence-electron chi connectivity index (χ2n) is 7.15. The quantitative estimate of drug-likeness (QED) is 0.591. The fraction of sp³-hybridized carbons (Fsp3) is 0.333. The number of nitrogens with one attached hydrogen (secondary N) is 1. The van der Waals surface area contributed by atoms with E-state index < -0.39 is 22.0 Å². The number of hydrogen-bond acceptors (Lipinski definition) is 4. The van der Waals surface area contributed by atoms with E-state index in [1.165, 1.54) is 11.9 Å². The molecule has 0 aromatic heterocycles. The molecule has 0 bridgehead atoms. The number of nitrogens with zero attached hydrogens (tertiary/aromatic N) is 2. The van der Waals surface area contributed by atoms with Crippen molar-refractivity contribution in [1.29, 1.82) is 0 Å². The first-order valence-corrected chi connectivity index (χ1v) is 12.1. The zero-order chi connectivity index (χ0) is 23.2. The number of sulfonamides is 1. The van der Waals surface area contributed by atoms with Gasteiger partial charge >= 0.3 is 0 Å². The summed E-state index contributed by atoms with van der Waals surface area (Å²) in [6, 6.07) is 13.1. The average Bonchev–Trinajstić information content (AvgIpc) is 2.71. The molecule has 0 heterocycles. The molecule has 0 radical (unpaired) electrons. The molecule has 0 saturated carbocycles. The second kappa shape index (κ2) is 10.9. The lowest BCUT2D eigenvalue weighted by Crippen LogP contribution is -2.50. The third-order valence-corrected chi connectivity index (χ3v) is 6.65. The molecule has 10 heteroatoms. The molecule has 168 valence electrons. The summed E-state index contributed by atoms with van der Waals surface area (Å²) in [5.74, 6) is -0.882. The van der Waals surface area contributed by atoms with Gasteiger partial charge in [0.25, 0.3) is 0 Å². The molecule has 0 unspecified atom stereocenters. The first kappa shape index (κ1) is 25.1. The van der Waals surface area contributed by atoms with Crippen LogP contribution in [0.25, 0.3) is 0 Å². The summed E-state index contributed by atoms with van der Waals surface area (Å²) < 4.78 is 24.4. The molecule has 0 aliphatic rings. The summed E-state index contributed by atoms with van der Waals surface area (Å²) >= 11 is 12.1. The maximum atomic E-state index is 12.9. The van der Waals surface area contributed by atoms with Crippen molar-refractivity contribution in [2.24, 2.45) is 0 Å². The maximum absolute atomic E-state index is 12.9. The Morgan fingerprint density at radius 3 is 2.26 bits per heavy atom. The number of carbonyl (C=O) groups is 2. The SMILES string of the molecule is C[C@@H](C(=O)NCc1ccccc1Cl)N(Cc1ccc(Cl)cc1)C(=O)CN(C)S(C)(=O)=O. The molecule has 7 nitrogen and oxygen atoms in total. The van der Waals surface area contributed by atoms with E-state index in [1.54, 1.807) is 49.4 Å². The minimum atomic E-state index is -3.55. The Hall–Kier alpha value is -2.13. The fourth-order valence-electron chi connectivity index (χ4n) is 2.74. The van der Waals surface area contributed by atoms with Crippen LogP contribution in [0.3, 0.4) is 0 Å². The molecule has 2 amide bonds. The predicted molar refractivity (Wildman–Crippen MR) is 122 cm³/mol. The Morgan fingerprint density at radius 2 is 1.68 bits per heavy atom. The van der Waals surface area contributed by atoms with Crippen LogP contribution in [-0.4, -0.2) is 55.3 Å². The fourth-order valence-corrected chi connectivity index (χ4v) is 3.41. The van der Waals surface area contributed by atoms with Gasteiger partial charge in [0.1, 0.15) is 6.04 Å². The first-order valence-electron chi connectivity index (χ1n) is 9.45. The number of amides is 2. The Balaban J connectivity index is 2.18. The van der Waals surface area contributed by atoms with Gasteiger partial charge in [0.15, 0.2) is 0 Å². The van der Waals surface area contributed by atoms with Gasteiger partial charge in [-0.25, -0.2) is 8.42 Å². The molecule has 0 aliphatic carbocycles. The van der Waals surface area contributed by atoms with Crippen LogP contribution >= 0.6 is 23.2 Å². The molecule has 2 aromatic rings. The van der Waals surface area contributed by atoms with Crippen molar-refractivity contribution in [2.45, 2.75) is 26.1 Å². The Labute approximate surface area is 193 Å². The van der Waals surface area contributed by atoms with E-state index in [2.05, 4.69) is 5.32 Å². The van der Waals surface area contributed by atoms with Crippen molar-refractivity contribution >= 4 is 45.0 Å². The number of rotatable bonds is 9. The Bertz CT molecular complexity index is 1030. The highest BCUT2D eigenvalue weighted by atomic mass is 35.5. The smallest absolute Gasteiger partial charge is 0.242 e. The van der Waals surface area contributed by atoms with E-state index in [1.807, 2.05) is 6.07 Å². The number of halogens is 2. The monoisotopic (exact) mass is 485 g/mol. The molecule has 1 atom stereocenters. The van der Waals surface area contributed by atoms with Gasteiger partial charge in [-0.15, -0.1) is 0 Å². The number of likely N-dealkylation sites (N-methyl/N-ethyl adjacent to an activating group) is 1. The van der Waals surface area contributed by atoms with Gasteiger partial charge in [0, 0.05) is 30.2 Å². The van der Waals surface area contributed by atoms with Crippen molar-refractivity contribution in [2.75, 3.05) is 19.8 Å². The number of benzene rings is 2. The highest BCUT2D eigenvalue weighted by molar-refractivity contribution is 7.88. The molecule has 0 aliphatic heterocycles. The first-order chi connectivity index (χ1) is 14.5. The molecule has 2 rings (SSSR count). The topological polar surface area (TPSA) is 86.8 Å². The lowest BCUT2D eigenvalue weighted by molar-refractivity contribution is -0.140. The van der Waals surface area contributed by atoms with Crippen molar-refractivity contribution < 1.29 is 18.0 Å². The Morgan fingerprint density at radius 1 is 1.06 bits per heavy atom. The summed E-state index contributed by atoms with van der Waals surface area (Å²) in [4.78, 5) is 27.1. The lowest BCUT2D eigenvalue weighted by Gasteiger charge is -2.30. The minimum Gasteiger partial charge on any atom is -0.350 e. The van der Waals surface area contributed by atoms with E-state index >= 15 is 0 Å². The van der Waals surface area contributed by atoms with Gasteiger partial charge in [0.2, 0.25) is 21.8 Å². The van der Waals surface area contributed by atoms with E-state index in [4.69, 9.17) is 23.2 Å². The van der Waals surface area contributed by atoms with Gasteiger partial charge in [0.05, 0.1) is 12.8 Å². The number of carbonyl (C=O) groups excluding carboxylic acids is 2. The third-order valence-electron chi connectivity index (χ3n) is 4.77. The summed E-state index contributed by atoms with van der Waals surface area (Å²) in [6.45, 7) is 1.54. The zero-order valence-corrected chi connectivity index (χ0v) is 19.8. The van der Waals surface area contributed by atoms with Crippen LogP contribution in [0.5, 0.6) is 0 Å². The van der Waals surface area contributed by atoms with Crippen LogP contribution in [0.4, 0.5) is 0 Å². The normalized spacial score (nSPS) is 12.5. The largest absolute Gasteiger partial charge is 0.350 e. The van der Waals surface area contributed by atoms with Crippen molar-refractivity contribution in [3.05, 3.63) is 69.7 Å². The zero-order valence-electron chi connectivity index (χ0n) is 17.5. The minimum absolute atomic E-state index is 0.119. The van der Waals surface area contributed by atoms with Crippen molar-refractivity contribution in [1.82, 2.24) is 14.5 Å². The number of hydrogen-bond donors (Lipinski definition) is 1. The van der Waals surface area contributed by atoms with Gasteiger partial charge < -0.3 is 10.2 Å².